The van der Waals surface area contributed by atoms with Crippen molar-refractivity contribution < 1.29 is 27.1 Å². The quantitative estimate of drug-likeness (QED) is 0.855. The fraction of sp³-hybridized carbons (Fsp3) is 0.600. The zero-order valence-corrected chi connectivity index (χ0v) is 12.7. The lowest BCUT2D eigenvalue weighted by Gasteiger charge is -2.40. The normalized spacial score (nSPS) is 22.3. The molecule has 1 aromatic rings. The fourth-order valence-electron chi connectivity index (χ4n) is 2.87. The van der Waals surface area contributed by atoms with Gasteiger partial charge >= 0.3 is 6.18 Å². The molecule has 1 aromatic carbocycles. The summed E-state index contributed by atoms with van der Waals surface area (Å²) in [5.74, 6) is -1.66. The summed E-state index contributed by atoms with van der Waals surface area (Å²) in [5.41, 5.74) is -0.405. The van der Waals surface area contributed by atoms with Crippen LogP contribution in [0.5, 0.6) is 0 Å². The number of benzene rings is 1. The van der Waals surface area contributed by atoms with Crippen molar-refractivity contribution in [1.82, 2.24) is 9.80 Å². The van der Waals surface area contributed by atoms with E-state index in [1.807, 2.05) is 0 Å². The predicted octanol–water partition coefficient (Wildman–Crippen LogP) is 2.57. The number of piperazine rings is 1. The van der Waals surface area contributed by atoms with Gasteiger partial charge in [0.2, 0.25) is 0 Å². The summed E-state index contributed by atoms with van der Waals surface area (Å²) in [6, 6.07) is 2.97. The number of hydrogen-bond donors (Lipinski definition) is 1. The molecule has 0 spiro atoms. The van der Waals surface area contributed by atoms with Crippen LogP contribution in [0.2, 0.25) is 0 Å². The first-order valence-corrected chi connectivity index (χ1v) is 7.32. The van der Waals surface area contributed by atoms with E-state index in [0.717, 1.165) is 12.1 Å². The van der Waals surface area contributed by atoms with Gasteiger partial charge in [-0.3, -0.25) is 9.80 Å². The van der Waals surface area contributed by atoms with E-state index in [1.165, 1.54) is 11.0 Å². The summed E-state index contributed by atoms with van der Waals surface area (Å²) in [5, 5.41) is 10.1. The van der Waals surface area contributed by atoms with E-state index < -0.39 is 36.0 Å². The minimum Gasteiger partial charge on any atom is -0.387 e. The first-order valence-electron chi connectivity index (χ1n) is 7.32. The van der Waals surface area contributed by atoms with Gasteiger partial charge in [-0.05, 0) is 19.1 Å². The first-order chi connectivity index (χ1) is 10.7. The van der Waals surface area contributed by atoms with Crippen molar-refractivity contribution >= 4 is 0 Å². The summed E-state index contributed by atoms with van der Waals surface area (Å²) in [4.78, 5) is 3.03. The van der Waals surface area contributed by atoms with E-state index >= 15 is 0 Å². The standard InChI is InChI=1S/C15H19F5N2O/c1-10-7-21(5-6-22(10)9-15(18,19)20)8-13(23)14-11(16)3-2-4-12(14)17/h2-4,10,13,23H,5-9H2,1H3. The van der Waals surface area contributed by atoms with Gasteiger partial charge in [0.05, 0.1) is 18.2 Å². The van der Waals surface area contributed by atoms with Gasteiger partial charge in [0.1, 0.15) is 11.6 Å². The third-order valence-electron chi connectivity index (χ3n) is 4.00. The van der Waals surface area contributed by atoms with Gasteiger partial charge in [-0.25, -0.2) is 8.78 Å². The van der Waals surface area contributed by atoms with E-state index in [2.05, 4.69) is 0 Å². The Balaban J connectivity index is 1.95. The van der Waals surface area contributed by atoms with Gasteiger partial charge in [-0.1, -0.05) is 6.07 Å². The third-order valence-corrected chi connectivity index (χ3v) is 4.00. The minimum atomic E-state index is -4.26. The van der Waals surface area contributed by atoms with Gasteiger partial charge < -0.3 is 5.11 Å². The Bertz CT molecular complexity index is 517. The Morgan fingerprint density at radius 3 is 2.35 bits per heavy atom. The van der Waals surface area contributed by atoms with E-state index in [1.54, 1.807) is 11.8 Å². The second-order valence-corrected chi connectivity index (χ2v) is 5.85. The van der Waals surface area contributed by atoms with E-state index in [-0.39, 0.29) is 19.1 Å². The average molecular weight is 338 g/mol. The smallest absolute Gasteiger partial charge is 0.387 e. The van der Waals surface area contributed by atoms with Gasteiger partial charge in [-0.2, -0.15) is 13.2 Å². The number of halogens is 5. The van der Waals surface area contributed by atoms with Gasteiger partial charge in [0.15, 0.2) is 0 Å². The summed E-state index contributed by atoms with van der Waals surface area (Å²) < 4.78 is 64.6. The predicted molar refractivity (Wildman–Crippen MR) is 74.8 cm³/mol. The molecule has 1 N–H and O–H groups in total. The number of nitrogens with zero attached hydrogens (tertiary/aromatic N) is 2. The Morgan fingerprint density at radius 1 is 1.22 bits per heavy atom. The average Bonchev–Trinajstić information content (AvgIpc) is 2.40. The number of rotatable bonds is 4. The maximum Gasteiger partial charge on any atom is 0.401 e. The molecular formula is C15H19F5N2O. The summed E-state index contributed by atoms with van der Waals surface area (Å²) >= 11 is 0. The number of β-amino-alcohol motifs (C(OH)–C–C–N with tert-alkyl or cyclic N) is 1. The maximum atomic E-state index is 13.6. The topological polar surface area (TPSA) is 26.7 Å². The van der Waals surface area contributed by atoms with Gasteiger partial charge in [0.25, 0.3) is 0 Å². The molecule has 23 heavy (non-hydrogen) atoms. The molecule has 0 aromatic heterocycles. The van der Waals surface area contributed by atoms with Crippen LogP contribution in [-0.4, -0.2) is 59.8 Å². The SMILES string of the molecule is CC1CN(CC(O)c2c(F)cccc2F)CCN1CC(F)(F)F. The second kappa shape index (κ2) is 7.11. The Hall–Kier alpha value is -1.25. The minimum absolute atomic E-state index is 0.0257. The van der Waals surface area contributed by atoms with Crippen LogP contribution in [0.15, 0.2) is 18.2 Å². The molecule has 2 rings (SSSR count). The first kappa shape index (κ1) is 18.1. The number of aliphatic hydroxyl groups is 1. The highest BCUT2D eigenvalue weighted by atomic mass is 19.4. The molecule has 3 nitrogen and oxygen atoms in total. The third kappa shape index (κ3) is 4.86. The van der Waals surface area contributed by atoms with Crippen LogP contribution in [0.3, 0.4) is 0 Å². The summed E-state index contributed by atoms with van der Waals surface area (Å²) in [7, 11) is 0. The van der Waals surface area contributed by atoms with Crippen LogP contribution >= 0.6 is 0 Å². The van der Waals surface area contributed by atoms with E-state index in [4.69, 9.17) is 0 Å². The van der Waals surface area contributed by atoms with Crippen LogP contribution in [0, 0.1) is 11.6 Å². The van der Waals surface area contributed by atoms with Crippen molar-refractivity contribution in [2.45, 2.75) is 25.2 Å². The highest BCUT2D eigenvalue weighted by molar-refractivity contribution is 5.22. The molecule has 0 saturated carbocycles. The van der Waals surface area contributed by atoms with E-state index in [9.17, 15) is 27.1 Å². The molecule has 0 amide bonds. The van der Waals surface area contributed by atoms with E-state index in [0.29, 0.717) is 13.1 Å². The molecule has 1 saturated heterocycles. The summed E-state index contributed by atoms with van der Waals surface area (Å²) in [6.45, 7) is 1.44. The lowest BCUT2D eigenvalue weighted by atomic mass is 10.1. The van der Waals surface area contributed by atoms with Crippen molar-refractivity contribution in [2.24, 2.45) is 0 Å². The highest BCUT2D eigenvalue weighted by Crippen LogP contribution is 2.24. The number of aliphatic hydroxyl groups excluding tert-OH is 1. The molecule has 0 aliphatic carbocycles. The van der Waals surface area contributed by atoms with Crippen molar-refractivity contribution in [3.8, 4) is 0 Å². The lowest BCUT2D eigenvalue weighted by molar-refractivity contribution is -0.155. The molecule has 8 heteroatoms. The van der Waals surface area contributed by atoms with Crippen LogP contribution < -0.4 is 0 Å². The molecular weight excluding hydrogens is 319 g/mol. The molecule has 1 aliphatic rings. The molecule has 130 valence electrons. The molecule has 1 aliphatic heterocycles. The summed E-state index contributed by atoms with van der Waals surface area (Å²) in [6.07, 6.45) is -5.62. The Morgan fingerprint density at radius 2 is 1.83 bits per heavy atom. The molecule has 1 fully saturated rings. The highest BCUT2D eigenvalue weighted by Gasteiger charge is 2.35. The van der Waals surface area contributed by atoms with Crippen molar-refractivity contribution in [3.63, 3.8) is 0 Å². The van der Waals surface area contributed by atoms with Gasteiger partial charge in [-0.15, -0.1) is 0 Å². The molecule has 2 unspecified atom stereocenters. The van der Waals surface area contributed by atoms with Crippen LogP contribution in [0.4, 0.5) is 22.0 Å². The monoisotopic (exact) mass is 338 g/mol. The van der Waals surface area contributed by atoms with Gasteiger partial charge in [0, 0.05) is 32.2 Å². The molecule has 0 radical (unpaired) electrons. The van der Waals surface area contributed by atoms with Crippen molar-refractivity contribution in [3.05, 3.63) is 35.4 Å². The van der Waals surface area contributed by atoms with Crippen LogP contribution in [-0.2, 0) is 0 Å². The Kier molecular flexibility index (Phi) is 5.59. The van der Waals surface area contributed by atoms with Crippen LogP contribution in [0.1, 0.15) is 18.6 Å². The number of alkyl halides is 3. The van der Waals surface area contributed by atoms with Crippen molar-refractivity contribution in [2.75, 3.05) is 32.7 Å². The number of hydrogen-bond acceptors (Lipinski definition) is 3. The van der Waals surface area contributed by atoms with Crippen LogP contribution in [0.25, 0.3) is 0 Å². The zero-order chi connectivity index (χ0) is 17.2. The zero-order valence-electron chi connectivity index (χ0n) is 12.7. The lowest BCUT2D eigenvalue weighted by Crippen LogP contribution is -2.54. The molecule has 0 bridgehead atoms. The molecule has 2 atom stereocenters. The van der Waals surface area contributed by atoms with Crippen molar-refractivity contribution in [1.29, 1.82) is 0 Å². The Labute approximate surface area is 131 Å². The maximum absolute atomic E-state index is 13.6. The second-order valence-electron chi connectivity index (χ2n) is 5.85. The largest absolute Gasteiger partial charge is 0.401 e. The fourth-order valence-corrected chi connectivity index (χ4v) is 2.87. The molecule has 1 heterocycles.